The van der Waals surface area contributed by atoms with E-state index in [2.05, 4.69) is 22.2 Å². The number of pyridine rings is 1. The highest BCUT2D eigenvalue weighted by molar-refractivity contribution is 5.92. The van der Waals surface area contributed by atoms with E-state index in [0.29, 0.717) is 25.6 Å². The van der Waals surface area contributed by atoms with Crippen molar-refractivity contribution in [3.05, 3.63) is 29.6 Å². The van der Waals surface area contributed by atoms with Crippen molar-refractivity contribution >= 4 is 5.91 Å². The minimum atomic E-state index is -0.958. The number of amides is 1. The molecule has 0 saturated carbocycles. The summed E-state index contributed by atoms with van der Waals surface area (Å²) >= 11 is 0. The van der Waals surface area contributed by atoms with Gasteiger partial charge in [-0.05, 0) is 26.3 Å². The van der Waals surface area contributed by atoms with Gasteiger partial charge in [0.1, 0.15) is 5.82 Å². The van der Waals surface area contributed by atoms with Crippen LogP contribution >= 0.6 is 0 Å². The van der Waals surface area contributed by atoms with Crippen molar-refractivity contribution in [1.82, 2.24) is 15.2 Å². The van der Waals surface area contributed by atoms with E-state index in [4.69, 9.17) is 4.74 Å². The molecule has 7 heteroatoms. The number of hydrogen-bond acceptors (Lipinski definition) is 4. The second-order valence-electron chi connectivity index (χ2n) is 5.47. The number of aromatic nitrogens is 1. The largest absolute Gasteiger partial charge is 0.378 e. The Morgan fingerprint density at radius 2 is 2.18 bits per heavy atom. The van der Waals surface area contributed by atoms with Crippen molar-refractivity contribution in [2.75, 3.05) is 33.3 Å². The number of piperidine rings is 1. The van der Waals surface area contributed by atoms with E-state index in [-0.39, 0.29) is 6.10 Å². The first-order valence-corrected chi connectivity index (χ1v) is 7.45. The standard InChI is InChI=1S/C15H21F2N3O2/c1-20-6-3-12(4-7-20)22-8-2-5-18-15(21)14-13(17)9-11(16)10-19-14/h9-10,12H,2-8H2,1H3,(H,18,21). The molecular weight excluding hydrogens is 292 g/mol. The minimum Gasteiger partial charge on any atom is -0.378 e. The molecule has 0 spiro atoms. The summed E-state index contributed by atoms with van der Waals surface area (Å²) in [7, 11) is 2.09. The third-order valence-electron chi connectivity index (χ3n) is 3.65. The molecule has 0 unspecified atom stereocenters. The third kappa shape index (κ3) is 4.99. The van der Waals surface area contributed by atoms with Gasteiger partial charge in [0.05, 0.1) is 12.3 Å². The van der Waals surface area contributed by atoms with Gasteiger partial charge in [-0.1, -0.05) is 0 Å². The lowest BCUT2D eigenvalue weighted by molar-refractivity contribution is 0.0117. The van der Waals surface area contributed by atoms with Gasteiger partial charge >= 0.3 is 0 Å². The average molecular weight is 313 g/mol. The second kappa shape index (κ2) is 8.14. The molecule has 22 heavy (non-hydrogen) atoms. The second-order valence-corrected chi connectivity index (χ2v) is 5.47. The van der Waals surface area contributed by atoms with E-state index >= 15 is 0 Å². The van der Waals surface area contributed by atoms with Crippen molar-refractivity contribution < 1.29 is 18.3 Å². The van der Waals surface area contributed by atoms with Crippen LogP contribution in [-0.4, -0.2) is 55.2 Å². The normalized spacial score (nSPS) is 16.7. The molecule has 0 aliphatic carbocycles. The van der Waals surface area contributed by atoms with Gasteiger partial charge in [0.2, 0.25) is 0 Å². The number of carbonyl (C=O) groups is 1. The molecule has 1 fully saturated rings. The van der Waals surface area contributed by atoms with Gasteiger partial charge in [-0.2, -0.15) is 0 Å². The Morgan fingerprint density at radius 3 is 2.86 bits per heavy atom. The van der Waals surface area contributed by atoms with Gasteiger partial charge in [0.15, 0.2) is 11.5 Å². The van der Waals surface area contributed by atoms with Crippen LogP contribution in [0.5, 0.6) is 0 Å². The van der Waals surface area contributed by atoms with E-state index in [1.165, 1.54) is 0 Å². The highest BCUT2D eigenvalue weighted by Crippen LogP contribution is 2.12. The van der Waals surface area contributed by atoms with Gasteiger partial charge in [0.25, 0.3) is 5.91 Å². The van der Waals surface area contributed by atoms with E-state index < -0.39 is 23.2 Å². The predicted molar refractivity (Wildman–Crippen MR) is 77.6 cm³/mol. The van der Waals surface area contributed by atoms with Crippen LogP contribution in [0.4, 0.5) is 8.78 Å². The molecule has 1 saturated heterocycles. The first-order chi connectivity index (χ1) is 10.6. The van der Waals surface area contributed by atoms with Crippen LogP contribution in [0.1, 0.15) is 29.8 Å². The summed E-state index contributed by atoms with van der Waals surface area (Å²) in [5.74, 6) is -2.41. The van der Waals surface area contributed by atoms with Gasteiger partial charge in [-0.15, -0.1) is 0 Å². The maximum atomic E-state index is 13.4. The van der Waals surface area contributed by atoms with Crippen LogP contribution in [0, 0.1) is 11.6 Å². The zero-order valence-electron chi connectivity index (χ0n) is 12.6. The van der Waals surface area contributed by atoms with E-state index in [1.807, 2.05) is 0 Å². The minimum absolute atomic E-state index is 0.281. The third-order valence-corrected chi connectivity index (χ3v) is 3.65. The number of likely N-dealkylation sites (tertiary alicyclic amines) is 1. The average Bonchev–Trinajstić information content (AvgIpc) is 2.48. The van der Waals surface area contributed by atoms with Gasteiger partial charge in [-0.25, -0.2) is 13.8 Å². The fourth-order valence-electron chi connectivity index (χ4n) is 2.34. The molecule has 1 aliphatic heterocycles. The highest BCUT2D eigenvalue weighted by atomic mass is 19.1. The number of rotatable bonds is 6. The number of hydrogen-bond donors (Lipinski definition) is 1. The summed E-state index contributed by atoms with van der Waals surface area (Å²) in [6, 6.07) is 0.644. The summed E-state index contributed by atoms with van der Waals surface area (Å²) < 4.78 is 31.8. The van der Waals surface area contributed by atoms with Crippen molar-refractivity contribution in [3.8, 4) is 0 Å². The van der Waals surface area contributed by atoms with Gasteiger partial charge in [-0.3, -0.25) is 4.79 Å². The van der Waals surface area contributed by atoms with Crippen LogP contribution < -0.4 is 5.32 Å². The van der Waals surface area contributed by atoms with Crippen LogP contribution in [0.2, 0.25) is 0 Å². The van der Waals surface area contributed by atoms with Crippen LogP contribution in [-0.2, 0) is 4.74 Å². The Hall–Kier alpha value is -1.60. The number of nitrogens with one attached hydrogen (secondary N) is 1. The number of nitrogens with zero attached hydrogens (tertiary/aromatic N) is 2. The summed E-state index contributed by atoms with van der Waals surface area (Å²) in [6.45, 7) is 2.99. The quantitative estimate of drug-likeness (QED) is 0.811. The highest BCUT2D eigenvalue weighted by Gasteiger charge is 2.17. The summed E-state index contributed by atoms with van der Waals surface area (Å²) in [4.78, 5) is 17.4. The lowest BCUT2D eigenvalue weighted by atomic mass is 10.1. The molecule has 0 bridgehead atoms. The van der Waals surface area contributed by atoms with E-state index in [0.717, 1.165) is 32.1 Å². The Morgan fingerprint density at radius 1 is 1.45 bits per heavy atom. The lowest BCUT2D eigenvalue weighted by Gasteiger charge is -2.28. The van der Waals surface area contributed by atoms with Crippen molar-refractivity contribution in [2.45, 2.75) is 25.4 Å². The topological polar surface area (TPSA) is 54.5 Å². The van der Waals surface area contributed by atoms with Gasteiger partial charge < -0.3 is 15.0 Å². The van der Waals surface area contributed by atoms with Crippen molar-refractivity contribution in [1.29, 1.82) is 0 Å². The molecule has 0 aromatic carbocycles. The van der Waals surface area contributed by atoms with Crippen molar-refractivity contribution in [3.63, 3.8) is 0 Å². The summed E-state index contributed by atoms with van der Waals surface area (Å²) in [5, 5.41) is 2.55. The Balaban J connectivity index is 1.63. The summed E-state index contributed by atoms with van der Waals surface area (Å²) in [6.07, 6.45) is 3.78. The first-order valence-electron chi connectivity index (χ1n) is 7.45. The van der Waals surface area contributed by atoms with E-state index in [9.17, 15) is 13.6 Å². The number of ether oxygens (including phenoxy) is 1. The van der Waals surface area contributed by atoms with Crippen LogP contribution in [0.3, 0.4) is 0 Å². The van der Waals surface area contributed by atoms with Crippen LogP contribution in [0.15, 0.2) is 12.3 Å². The SMILES string of the molecule is CN1CCC(OCCCNC(=O)c2ncc(F)cc2F)CC1. The molecule has 2 heterocycles. The molecule has 5 nitrogen and oxygen atoms in total. The smallest absolute Gasteiger partial charge is 0.272 e. The molecule has 1 aliphatic rings. The number of halogens is 2. The van der Waals surface area contributed by atoms with Crippen LogP contribution in [0.25, 0.3) is 0 Å². The zero-order chi connectivity index (χ0) is 15.9. The molecule has 1 aromatic rings. The van der Waals surface area contributed by atoms with E-state index in [1.54, 1.807) is 0 Å². The van der Waals surface area contributed by atoms with Gasteiger partial charge in [0, 0.05) is 32.3 Å². The molecule has 1 aromatic heterocycles. The van der Waals surface area contributed by atoms with Crippen molar-refractivity contribution in [2.24, 2.45) is 0 Å². The molecule has 2 rings (SSSR count). The molecule has 0 radical (unpaired) electrons. The molecule has 1 N–H and O–H groups in total. The maximum Gasteiger partial charge on any atom is 0.272 e. The molecule has 122 valence electrons. The zero-order valence-corrected chi connectivity index (χ0v) is 12.6. The lowest BCUT2D eigenvalue weighted by Crippen LogP contribution is -2.34. The molecular formula is C15H21F2N3O2. The molecule has 0 atom stereocenters. The fourth-order valence-corrected chi connectivity index (χ4v) is 2.34. The summed E-state index contributed by atoms with van der Waals surface area (Å²) in [5.41, 5.74) is -0.391. The Kier molecular flexibility index (Phi) is 6.21. The predicted octanol–water partition coefficient (Wildman–Crippen LogP) is 1.59. The fraction of sp³-hybridized carbons (Fsp3) is 0.600. The Bertz CT molecular complexity index is 506. The number of carbonyl (C=O) groups excluding carboxylic acids is 1. The monoisotopic (exact) mass is 313 g/mol. The first kappa shape index (κ1) is 16.8. The molecule has 1 amide bonds. The Labute approximate surface area is 128 Å². The maximum absolute atomic E-state index is 13.4.